The van der Waals surface area contributed by atoms with Crippen molar-refractivity contribution in [1.82, 2.24) is 10.2 Å². The Kier molecular flexibility index (Phi) is 4.55. The smallest absolute Gasteiger partial charge is 0.243 e. The summed E-state index contributed by atoms with van der Waals surface area (Å²) in [4.78, 5) is 26.6. The van der Waals surface area contributed by atoms with Crippen molar-refractivity contribution in [1.29, 1.82) is 0 Å². The van der Waals surface area contributed by atoms with Crippen LogP contribution in [0.2, 0.25) is 0 Å². The summed E-state index contributed by atoms with van der Waals surface area (Å²) in [7, 11) is 1.63. The minimum Gasteiger partial charge on any atom is -0.496 e. The van der Waals surface area contributed by atoms with Gasteiger partial charge in [0.25, 0.3) is 0 Å². The topological polar surface area (TPSA) is 58.6 Å². The van der Waals surface area contributed by atoms with Gasteiger partial charge in [0.1, 0.15) is 11.8 Å². The van der Waals surface area contributed by atoms with Gasteiger partial charge in [-0.3, -0.25) is 9.59 Å². The maximum Gasteiger partial charge on any atom is 0.243 e. The van der Waals surface area contributed by atoms with Crippen molar-refractivity contribution in [2.24, 2.45) is 0 Å². The highest BCUT2D eigenvalue weighted by molar-refractivity contribution is 5.89. The third kappa shape index (κ3) is 3.66. The average molecular weight is 316 g/mol. The van der Waals surface area contributed by atoms with E-state index in [1.807, 2.05) is 25.1 Å². The van der Waals surface area contributed by atoms with Crippen molar-refractivity contribution >= 4 is 11.8 Å². The van der Waals surface area contributed by atoms with Crippen LogP contribution in [0.5, 0.6) is 5.75 Å². The van der Waals surface area contributed by atoms with Gasteiger partial charge in [0.05, 0.1) is 13.5 Å². The number of benzene rings is 1. The first-order valence-corrected chi connectivity index (χ1v) is 8.32. The first-order valence-electron chi connectivity index (χ1n) is 8.32. The highest BCUT2D eigenvalue weighted by Gasteiger charge is 2.36. The Bertz CT molecular complexity index is 610. The lowest BCUT2D eigenvalue weighted by atomic mass is 10.1. The zero-order valence-electron chi connectivity index (χ0n) is 13.8. The van der Waals surface area contributed by atoms with Crippen LogP contribution in [-0.4, -0.2) is 42.5 Å². The van der Waals surface area contributed by atoms with Gasteiger partial charge >= 0.3 is 0 Å². The molecule has 1 atom stereocenters. The van der Waals surface area contributed by atoms with Crippen molar-refractivity contribution in [3.63, 3.8) is 0 Å². The largest absolute Gasteiger partial charge is 0.496 e. The lowest BCUT2D eigenvalue weighted by molar-refractivity contribution is -0.138. The molecular weight excluding hydrogens is 292 g/mol. The summed E-state index contributed by atoms with van der Waals surface area (Å²) >= 11 is 0. The fraction of sp³-hybridized carbons (Fsp3) is 0.556. The van der Waals surface area contributed by atoms with E-state index in [2.05, 4.69) is 5.32 Å². The number of hydrogen-bond acceptors (Lipinski definition) is 3. The van der Waals surface area contributed by atoms with Gasteiger partial charge in [0.15, 0.2) is 0 Å². The molecule has 5 heteroatoms. The lowest BCUT2D eigenvalue weighted by Crippen LogP contribution is -2.47. The van der Waals surface area contributed by atoms with E-state index in [1.54, 1.807) is 12.0 Å². The number of amides is 2. The molecule has 0 bridgehead atoms. The summed E-state index contributed by atoms with van der Waals surface area (Å²) in [6, 6.07) is 5.85. The highest BCUT2D eigenvalue weighted by atomic mass is 16.5. The highest BCUT2D eigenvalue weighted by Crippen LogP contribution is 2.24. The maximum atomic E-state index is 12.6. The molecule has 2 aliphatic rings. The molecule has 1 unspecified atom stereocenters. The van der Waals surface area contributed by atoms with Crippen LogP contribution >= 0.6 is 0 Å². The second-order valence-corrected chi connectivity index (χ2v) is 6.51. The number of nitrogens with one attached hydrogen (secondary N) is 1. The summed E-state index contributed by atoms with van der Waals surface area (Å²) in [5, 5.41) is 3.02. The monoisotopic (exact) mass is 316 g/mol. The zero-order chi connectivity index (χ0) is 16.4. The molecule has 1 aliphatic heterocycles. The van der Waals surface area contributed by atoms with E-state index in [0.717, 1.165) is 42.6 Å². The molecule has 1 aromatic carbocycles. The molecule has 5 nitrogen and oxygen atoms in total. The number of rotatable bonds is 5. The van der Waals surface area contributed by atoms with E-state index in [9.17, 15) is 9.59 Å². The Morgan fingerprint density at radius 3 is 2.78 bits per heavy atom. The van der Waals surface area contributed by atoms with Crippen LogP contribution in [0.3, 0.4) is 0 Å². The fourth-order valence-corrected chi connectivity index (χ4v) is 3.11. The third-order valence-corrected chi connectivity index (χ3v) is 4.63. The van der Waals surface area contributed by atoms with E-state index in [1.165, 1.54) is 0 Å². The minimum atomic E-state index is -0.296. The van der Waals surface area contributed by atoms with E-state index in [0.29, 0.717) is 19.0 Å². The predicted octanol–water partition coefficient (Wildman–Crippen LogP) is 1.82. The third-order valence-electron chi connectivity index (χ3n) is 4.63. The van der Waals surface area contributed by atoms with Gasteiger partial charge in [-0.05, 0) is 49.8 Å². The number of methoxy groups -OCH3 is 1. The van der Waals surface area contributed by atoms with Crippen molar-refractivity contribution in [2.75, 3.05) is 13.7 Å². The molecule has 1 saturated heterocycles. The number of aryl methyl sites for hydroxylation is 1. The van der Waals surface area contributed by atoms with Crippen LogP contribution in [0.25, 0.3) is 0 Å². The Morgan fingerprint density at radius 1 is 1.30 bits per heavy atom. The molecule has 2 fully saturated rings. The van der Waals surface area contributed by atoms with E-state index in [-0.39, 0.29) is 17.9 Å². The Labute approximate surface area is 137 Å². The van der Waals surface area contributed by atoms with Crippen molar-refractivity contribution in [3.05, 3.63) is 29.3 Å². The molecule has 23 heavy (non-hydrogen) atoms. The van der Waals surface area contributed by atoms with Crippen molar-refractivity contribution in [3.8, 4) is 5.75 Å². The Hall–Kier alpha value is -2.04. The van der Waals surface area contributed by atoms with Crippen LogP contribution in [0.4, 0.5) is 0 Å². The van der Waals surface area contributed by atoms with E-state index in [4.69, 9.17) is 4.74 Å². The average Bonchev–Trinajstić information content (AvgIpc) is 3.20. The standard InChI is InChI=1S/C18H24N2O3/c1-12-5-6-13(10-16(12)23-2)11-17(21)20-9-3-4-15(20)18(22)19-14-7-8-14/h5-6,10,14-15H,3-4,7-9,11H2,1-2H3,(H,19,22). The van der Waals surface area contributed by atoms with Gasteiger partial charge < -0.3 is 15.0 Å². The number of hydrogen-bond donors (Lipinski definition) is 1. The number of ether oxygens (including phenoxy) is 1. The molecule has 3 rings (SSSR count). The predicted molar refractivity (Wildman–Crippen MR) is 87.3 cm³/mol. The molecule has 0 radical (unpaired) electrons. The Balaban J connectivity index is 1.65. The lowest BCUT2D eigenvalue weighted by Gasteiger charge is -2.24. The SMILES string of the molecule is COc1cc(CC(=O)N2CCCC2C(=O)NC2CC2)ccc1C. The number of likely N-dealkylation sites (tertiary alicyclic amines) is 1. The molecule has 0 aromatic heterocycles. The van der Waals surface area contributed by atoms with Gasteiger partial charge in [-0.1, -0.05) is 12.1 Å². The van der Waals surface area contributed by atoms with Crippen LogP contribution in [0.1, 0.15) is 36.8 Å². The van der Waals surface area contributed by atoms with E-state index >= 15 is 0 Å². The number of carbonyl (C=O) groups excluding carboxylic acids is 2. The molecule has 0 spiro atoms. The fourth-order valence-electron chi connectivity index (χ4n) is 3.11. The minimum absolute atomic E-state index is 0.0137. The molecule has 1 aromatic rings. The second-order valence-electron chi connectivity index (χ2n) is 6.51. The van der Waals surface area contributed by atoms with Crippen LogP contribution in [-0.2, 0) is 16.0 Å². The Morgan fingerprint density at radius 2 is 2.09 bits per heavy atom. The molecule has 2 amide bonds. The van der Waals surface area contributed by atoms with Crippen LogP contribution in [0.15, 0.2) is 18.2 Å². The van der Waals surface area contributed by atoms with Gasteiger partial charge in [0.2, 0.25) is 11.8 Å². The molecule has 124 valence electrons. The molecule has 1 N–H and O–H groups in total. The molecule has 1 heterocycles. The zero-order valence-corrected chi connectivity index (χ0v) is 13.8. The van der Waals surface area contributed by atoms with E-state index < -0.39 is 0 Å². The summed E-state index contributed by atoms with van der Waals surface area (Å²) in [6.07, 6.45) is 4.10. The first kappa shape index (κ1) is 15.8. The first-order chi connectivity index (χ1) is 11.1. The summed E-state index contributed by atoms with van der Waals surface area (Å²) in [6.45, 7) is 2.65. The van der Waals surface area contributed by atoms with Gasteiger partial charge in [-0.25, -0.2) is 0 Å². The maximum absolute atomic E-state index is 12.6. The second kappa shape index (κ2) is 6.60. The van der Waals surface area contributed by atoms with Gasteiger partial charge in [-0.2, -0.15) is 0 Å². The quantitative estimate of drug-likeness (QED) is 0.901. The van der Waals surface area contributed by atoms with Gasteiger partial charge in [-0.15, -0.1) is 0 Å². The summed E-state index contributed by atoms with van der Waals surface area (Å²) in [5.74, 6) is 0.823. The van der Waals surface area contributed by atoms with Gasteiger partial charge in [0, 0.05) is 12.6 Å². The summed E-state index contributed by atoms with van der Waals surface area (Å²) in [5.41, 5.74) is 1.97. The van der Waals surface area contributed by atoms with Crippen LogP contribution < -0.4 is 10.1 Å². The number of carbonyl (C=O) groups is 2. The van der Waals surface area contributed by atoms with Crippen LogP contribution in [0, 0.1) is 6.92 Å². The van der Waals surface area contributed by atoms with Crippen molar-refractivity contribution < 1.29 is 14.3 Å². The normalized spacial score (nSPS) is 20.4. The number of nitrogens with zero attached hydrogens (tertiary/aromatic N) is 1. The molecule has 1 aliphatic carbocycles. The molecule has 1 saturated carbocycles. The van der Waals surface area contributed by atoms with Crippen molar-refractivity contribution in [2.45, 2.75) is 51.1 Å². The summed E-state index contributed by atoms with van der Waals surface area (Å²) < 4.78 is 5.31. The molecular formula is C18H24N2O3.